The summed E-state index contributed by atoms with van der Waals surface area (Å²) in [5, 5.41) is 3.97. The molecule has 3 fully saturated rings. The number of alkyl carbamates (subject to hydrolysis) is 1. The number of piperidine rings is 1. The Morgan fingerprint density at radius 1 is 1.03 bits per heavy atom. The highest BCUT2D eigenvalue weighted by molar-refractivity contribution is 5.86. The zero-order valence-electron chi connectivity index (χ0n) is 23.5. The molecule has 3 heterocycles. The van der Waals surface area contributed by atoms with Crippen LogP contribution < -0.4 is 5.32 Å². The van der Waals surface area contributed by atoms with Crippen LogP contribution in [-0.2, 0) is 17.8 Å². The molecule has 208 valence electrons. The summed E-state index contributed by atoms with van der Waals surface area (Å²) >= 11 is 0. The molecular weight excluding hydrogens is 479 g/mol. The first-order chi connectivity index (χ1) is 18.4. The van der Waals surface area contributed by atoms with Crippen molar-refractivity contribution in [2.24, 2.45) is 0 Å². The van der Waals surface area contributed by atoms with Gasteiger partial charge in [0.05, 0.1) is 13.2 Å². The number of fused-ring (bicyclic) bond motifs is 1. The number of amides is 1. The van der Waals surface area contributed by atoms with Crippen LogP contribution in [0.3, 0.4) is 0 Å². The van der Waals surface area contributed by atoms with Crippen LogP contribution in [0.2, 0.25) is 0 Å². The third-order valence-electron chi connectivity index (χ3n) is 9.08. The number of carbonyl (C=O) groups is 1. The summed E-state index contributed by atoms with van der Waals surface area (Å²) in [6.07, 6.45) is 9.18. The number of hydrogen-bond acceptors (Lipinski definition) is 4. The van der Waals surface area contributed by atoms with E-state index in [2.05, 4.69) is 33.5 Å². The predicted molar refractivity (Wildman–Crippen MR) is 151 cm³/mol. The average Bonchev–Trinajstić information content (AvgIpc) is 3.54. The number of halogens is 1. The molecule has 0 spiro atoms. The summed E-state index contributed by atoms with van der Waals surface area (Å²) in [5.41, 5.74) is 6.51. The van der Waals surface area contributed by atoms with Crippen LogP contribution >= 0.6 is 0 Å². The summed E-state index contributed by atoms with van der Waals surface area (Å²) in [7, 11) is 0. The molecule has 2 saturated heterocycles. The van der Waals surface area contributed by atoms with Gasteiger partial charge >= 0.3 is 6.09 Å². The maximum Gasteiger partial charge on any atom is 0.407 e. The topological polar surface area (TPSA) is 49.7 Å². The third-order valence-corrected chi connectivity index (χ3v) is 9.08. The Bertz CT molecular complexity index is 1140. The van der Waals surface area contributed by atoms with Crippen molar-refractivity contribution in [3.05, 3.63) is 46.4 Å². The number of ether oxygens (including phenoxy) is 1. The van der Waals surface area contributed by atoms with Crippen LogP contribution in [0.4, 0.5) is 9.18 Å². The van der Waals surface area contributed by atoms with E-state index >= 15 is 0 Å². The Morgan fingerprint density at radius 3 is 2.39 bits per heavy atom. The molecular formula is C31H45FN4O2. The summed E-state index contributed by atoms with van der Waals surface area (Å²) in [6.45, 7) is 12.2. The highest BCUT2D eigenvalue weighted by Crippen LogP contribution is 2.37. The van der Waals surface area contributed by atoms with Gasteiger partial charge in [-0.15, -0.1) is 0 Å². The fourth-order valence-electron chi connectivity index (χ4n) is 7.02. The maximum atomic E-state index is 14.5. The van der Waals surface area contributed by atoms with E-state index in [9.17, 15) is 9.18 Å². The standard InChI is InChI=1S/C31H45FN4O2/c1-4-38-31(37)33-20-30-28(21-34-15-5-6-16-34)27-19-24(32)9-12-29(27)36(30)26-13-17-35(18-14-26)25-10-7-23(8-11-25)22(2)3/h9,12,19,25-26H,4-8,10-11,13-18,20-21H2,1-3H3,(H,33,37). The van der Waals surface area contributed by atoms with Gasteiger partial charge in [-0.25, -0.2) is 9.18 Å². The number of carbonyl (C=O) groups excluding carboxylic acids is 1. The number of nitrogens with one attached hydrogen (secondary N) is 1. The molecule has 6 nitrogen and oxygen atoms in total. The van der Waals surface area contributed by atoms with E-state index in [0.717, 1.165) is 67.7 Å². The molecule has 1 aromatic heterocycles. The highest BCUT2D eigenvalue weighted by Gasteiger charge is 2.31. The van der Waals surface area contributed by atoms with Gasteiger partial charge in [0.1, 0.15) is 5.82 Å². The van der Waals surface area contributed by atoms with Gasteiger partial charge in [-0.1, -0.05) is 11.1 Å². The smallest absolute Gasteiger partial charge is 0.407 e. The lowest BCUT2D eigenvalue weighted by Gasteiger charge is -2.41. The fraction of sp³-hybridized carbons (Fsp3) is 0.645. The van der Waals surface area contributed by atoms with Crippen LogP contribution in [0, 0.1) is 5.82 Å². The average molecular weight is 525 g/mol. The van der Waals surface area contributed by atoms with Gasteiger partial charge in [-0.2, -0.15) is 0 Å². The molecule has 0 radical (unpaired) electrons. The second kappa shape index (κ2) is 12.2. The van der Waals surface area contributed by atoms with Crippen molar-refractivity contribution < 1.29 is 13.9 Å². The predicted octanol–water partition coefficient (Wildman–Crippen LogP) is 6.54. The number of benzene rings is 1. The van der Waals surface area contributed by atoms with Crippen molar-refractivity contribution >= 4 is 17.0 Å². The monoisotopic (exact) mass is 524 g/mol. The molecule has 0 atom stereocenters. The number of rotatable bonds is 7. The molecule has 1 amide bonds. The highest BCUT2D eigenvalue weighted by atomic mass is 19.1. The number of nitrogens with zero attached hydrogens (tertiary/aromatic N) is 3. The number of allylic oxidation sites excluding steroid dienone is 2. The van der Waals surface area contributed by atoms with E-state index in [1.165, 1.54) is 44.1 Å². The van der Waals surface area contributed by atoms with Crippen LogP contribution in [0.1, 0.15) is 89.4 Å². The molecule has 1 aliphatic carbocycles. The van der Waals surface area contributed by atoms with E-state index in [4.69, 9.17) is 4.74 Å². The Balaban J connectivity index is 1.40. The van der Waals surface area contributed by atoms with Gasteiger partial charge in [0.15, 0.2) is 0 Å². The molecule has 7 heteroatoms. The van der Waals surface area contributed by atoms with E-state index in [0.29, 0.717) is 25.2 Å². The van der Waals surface area contributed by atoms with E-state index in [-0.39, 0.29) is 5.82 Å². The molecule has 1 N–H and O–H groups in total. The minimum absolute atomic E-state index is 0.204. The van der Waals surface area contributed by atoms with Crippen molar-refractivity contribution in [1.82, 2.24) is 19.7 Å². The molecule has 3 aliphatic rings. The fourth-order valence-corrected chi connectivity index (χ4v) is 7.02. The second-order valence-corrected chi connectivity index (χ2v) is 11.6. The SMILES string of the molecule is CCOC(=O)NCc1c(CN2CCCC2)c2cc(F)ccc2n1C1CCN(C2CCC(=C(C)C)CC2)CC1. The van der Waals surface area contributed by atoms with Crippen molar-refractivity contribution in [1.29, 1.82) is 0 Å². The van der Waals surface area contributed by atoms with Crippen molar-refractivity contribution in [3.8, 4) is 0 Å². The van der Waals surface area contributed by atoms with Crippen molar-refractivity contribution in [2.45, 2.75) is 97.3 Å². The lowest BCUT2D eigenvalue weighted by atomic mass is 9.86. The van der Waals surface area contributed by atoms with Gasteiger partial charge < -0.3 is 19.5 Å². The number of aromatic nitrogens is 1. The van der Waals surface area contributed by atoms with Crippen LogP contribution in [0.25, 0.3) is 10.9 Å². The maximum absolute atomic E-state index is 14.5. The summed E-state index contributed by atoms with van der Waals surface area (Å²) in [6, 6.07) is 6.25. The third kappa shape index (κ3) is 5.94. The second-order valence-electron chi connectivity index (χ2n) is 11.6. The van der Waals surface area contributed by atoms with Gasteiger partial charge in [0, 0.05) is 48.3 Å². The molecule has 38 heavy (non-hydrogen) atoms. The summed E-state index contributed by atoms with van der Waals surface area (Å²) in [4.78, 5) is 17.5. The minimum atomic E-state index is -0.398. The molecule has 5 rings (SSSR count). The van der Waals surface area contributed by atoms with Crippen molar-refractivity contribution in [3.63, 3.8) is 0 Å². The summed E-state index contributed by atoms with van der Waals surface area (Å²) in [5.74, 6) is -0.204. The normalized spacial score (nSPS) is 21.8. The molecule has 0 unspecified atom stereocenters. The van der Waals surface area contributed by atoms with Crippen molar-refractivity contribution in [2.75, 3.05) is 32.8 Å². The zero-order chi connectivity index (χ0) is 26.6. The lowest BCUT2D eigenvalue weighted by molar-refractivity contribution is 0.116. The van der Waals surface area contributed by atoms with E-state index in [1.54, 1.807) is 17.7 Å². The van der Waals surface area contributed by atoms with Crippen LogP contribution in [0.15, 0.2) is 29.3 Å². The minimum Gasteiger partial charge on any atom is -0.450 e. The Morgan fingerprint density at radius 2 is 1.74 bits per heavy atom. The molecule has 1 aromatic carbocycles. The largest absolute Gasteiger partial charge is 0.450 e. The van der Waals surface area contributed by atoms with Crippen LogP contribution in [0.5, 0.6) is 0 Å². The zero-order valence-corrected chi connectivity index (χ0v) is 23.5. The Labute approximate surface area is 227 Å². The van der Waals surface area contributed by atoms with Gasteiger partial charge in [0.25, 0.3) is 0 Å². The van der Waals surface area contributed by atoms with Crippen LogP contribution in [-0.4, -0.2) is 59.3 Å². The van der Waals surface area contributed by atoms with Gasteiger partial charge in [0.2, 0.25) is 0 Å². The Kier molecular flexibility index (Phi) is 8.74. The van der Waals surface area contributed by atoms with E-state index < -0.39 is 6.09 Å². The first-order valence-electron chi connectivity index (χ1n) is 14.8. The van der Waals surface area contributed by atoms with Gasteiger partial charge in [-0.3, -0.25) is 4.90 Å². The lowest BCUT2D eigenvalue weighted by Crippen LogP contribution is -2.43. The molecule has 2 aromatic rings. The molecule has 0 bridgehead atoms. The first kappa shape index (κ1) is 27.2. The van der Waals surface area contributed by atoms with E-state index in [1.807, 2.05) is 13.0 Å². The first-order valence-corrected chi connectivity index (χ1v) is 14.8. The number of hydrogen-bond donors (Lipinski definition) is 1. The van der Waals surface area contributed by atoms with Gasteiger partial charge in [-0.05, 0) is 109 Å². The quantitative estimate of drug-likeness (QED) is 0.418. The number of likely N-dealkylation sites (tertiary alicyclic amines) is 2. The summed E-state index contributed by atoms with van der Waals surface area (Å²) < 4.78 is 22.2. The molecule has 1 saturated carbocycles. The Hall–Kier alpha value is -2.38. The molecule has 2 aliphatic heterocycles.